The number of rotatable bonds is 3. The summed E-state index contributed by atoms with van der Waals surface area (Å²) in [4.78, 5) is 24.8. The van der Waals surface area contributed by atoms with Crippen LogP contribution in [0.15, 0.2) is 85.2 Å². The second kappa shape index (κ2) is 6.63. The van der Waals surface area contributed by atoms with Gasteiger partial charge in [-0.1, -0.05) is 24.3 Å². The molecule has 0 saturated heterocycles. The zero-order chi connectivity index (χ0) is 18.9. The average Bonchev–Trinajstić information content (AvgIpc) is 3.18. The van der Waals surface area contributed by atoms with Gasteiger partial charge < -0.3 is 10.3 Å². The van der Waals surface area contributed by atoms with Crippen LogP contribution in [-0.2, 0) is 0 Å². The molecule has 5 rings (SSSR count). The first-order chi connectivity index (χ1) is 13.8. The Labute approximate surface area is 161 Å². The number of imidazole rings is 1. The lowest BCUT2D eigenvalue weighted by Crippen LogP contribution is -2.12. The summed E-state index contributed by atoms with van der Waals surface area (Å²) in [5.74, 6) is 0.661. The maximum Gasteiger partial charge on any atom is 0.256 e. The van der Waals surface area contributed by atoms with Crippen LogP contribution in [0, 0.1) is 0 Å². The molecule has 0 spiro atoms. The van der Waals surface area contributed by atoms with E-state index in [0.29, 0.717) is 5.56 Å². The summed E-state index contributed by atoms with van der Waals surface area (Å²) in [6.45, 7) is 0. The van der Waals surface area contributed by atoms with E-state index < -0.39 is 0 Å². The van der Waals surface area contributed by atoms with Crippen molar-refractivity contribution in [1.29, 1.82) is 0 Å². The highest BCUT2D eigenvalue weighted by Gasteiger charge is 2.11. The van der Waals surface area contributed by atoms with Crippen molar-refractivity contribution in [2.24, 2.45) is 0 Å². The van der Waals surface area contributed by atoms with Gasteiger partial charge in [0.25, 0.3) is 5.91 Å². The number of para-hydroxylation sites is 2. The lowest BCUT2D eigenvalue weighted by atomic mass is 10.1. The number of hydrogen-bond acceptors (Lipinski definition) is 3. The SMILES string of the molecule is O=C(Nc1ccc(-c2nc3ccccc3[nH]2)cc1)c1cccc2cnccc12. The molecule has 1 amide bonds. The minimum atomic E-state index is -0.145. The Morgan fingerprint density at radius 2 is 1.75 bits per heavy atom. The quantitative estimate of drug-likeness (QED) is 0.472. The second-order valence-electron chi connectivity index (χ2n) is 6.54. The number of amides is 1. The van der Waals surface area contributed by atoms with Gasteiger partial charge in [-0.25, -0.2) is 4.98 Å². The van der Waals surface area contributed by atoms with Crippen LogP contribution in [0.3, 0.4) is 0 Å². The van der Waals surface area contributed by atoms with Crippen LogP contribution in [0.1, 0.15) is 10.4 Å². The number of benzene rings is 3. The first-order valence-electron chi connectivity index (χ1n) is 8.97. The van der Waals surface area contributed by atoms with Crippen molar-refractivity contribution in [1.82, 2.24) is 15.0 Å². The number of nitrogens with one attached hydrogen (secondary N) is 2. The van der Waals surface area contributed by atoms with E-state index in [0.717, 1.165) is 38.9 Å². The summed E-state index contributed by atoms with van der Waals surface area (Å²) in [7, 11) is 0. The van der Waals surface area contributed by atoms with E-state index in [2.05, 4.69) is 20.3 Å². The molecule has 0 fully saturated rings. The van der Waals surface area contributed by atoms with E-state index >= 15 is 0 Å². The molecule has 134 valence electrons. The third kappa shape index (κ3) is 2.89. The molecule has 0 aliphatic rings. The first kappa shape index (κ1) is 16.2. The highest BCUT2D eigenvalue weighted by Crippen LogP contribution is 2.23. The van der Waals surface area contributed by atoms with E-state index in [4.69, 9.17) is 0 Å². The largest absolute Gasteiger partial charge is 0.338 e. The fourth-order valence-corrected chi connectivity index (χ4v) is 3.32. The van der Waals surface area contributed by atoms with Crippen molar-refractivity contribution >= 4 is 33.4 Å². The van der Waals surface area contributed by atoms with Crippen molar-refractivity contribution in [3.05, 3.63) is 90.8 Å². The van der Waals surface area contributed by atoms with E-state index in [9.17, 15) is 4.79 Å². The van der Waals surface area contributed by atoms with Crippen molar-refractivity contribution in [3.63, 3.8) is 0 Å². The van der Waals surface area contributed by atoms with Gasteiger partial charge >= 0.3 is 0 Å². The minimum absolute atomic E-state index is 0.145. The normalized spacial score (nSPS) is 11.0. The molecule has 5 heteroatoms. The topological polar surface area (TPSA) is 70.7 Å². The van der Waals surface area contributed by atoms with Crippen LogP contribution in [0.2, 0.25) is 0 Å². The Hall–Kier alpha value is -3.99. The first-order valence-corrected chi connectivity index (χ1v) is 8.97. The predicted molar refractivity (Wildman–Crippen MR) is 111 cm³/mol. The third-order valence-electron chi connectivity index (χ3n) is 4.73. The standard InChI is InChI=1S/C23H16N4O/c28-23(19-5-3-4-16-14-24-13-12-18(16)19)25-17-10-8-15(9-11-17)22-26-20-6-1-2-7-21(20)27-22/h1-14H,(H,25,28)(H,26,27). The van der Waals surface area contributed by atoms with E-state index in [1.54, 1.807) is 12.4 Å². The van der Waals surface area contributed by atoms with Crippen molar-refractivity contribution < 1.29 is 4.79 Å². The molecule has 0 radical (unpaired) electrons. The lowest BCUT2D eigenvalue weighted by Gasteiger charge is -2.08. The van der Waals surface area contributed by atoms with Crippen LogP contribution in [0.25, 0.3) is 33.2 Å². The van der Waals surface area contributed by atoms with Gasteiger partial charge in [-0.15, -0.1) is 0 Å². The maximum atomic E-state index is 12.8. The molecule has 2 heterocycles. The highest BCUT2D eigenvalue weighted by molar-refractivity contribution is 6.12. The number of hydrogen-bond donors (Lipinski definition) is 2. The average molecular weight is 364 g/mol. The van der Waals surface area contributed by atoms with Crippen LogP contribution < -0.4 is 5.32 Å². The fraction of sp³-hybridized carbons (Fsp3) is 0. The minimum Gasteiger partial charge on any atom is -0.338 e. The molecule has 0 atom stereocenters. The van der Waals surface area contributed by atoms with Crippen LogP contribution in [0.4, 0.5) is 5.69 Å². The Morgan fingerprint density at radius 1 is 0.893 bits per heavy atom. The van der Waals surface area contributed by atoms with E-state index in [-0.39, 0.29) is 5.91 Å². The summed E-state index contributed by atoms with van der Waals surface area (Å²) in [6.07, 6.45) is 3.45. The molecule has 28 heavy (non-hydrogen) atoms. The van der Waals surface area contributed by atoms with Gasteiger partial charge in [0.1, 0.15) is 5.82 Å². The zero-order valence-corrected chi connectivity index (χ0v) is 14.9. The van der Waals surface area contributed by atoms with Crippen molar-refractivity contribution in [2.45, 2.75) is 0 Å². The third-order valence-corrected chi connectivity index (χ3v) is 4.73. The highest BCUT2D eigenvalue weighted by atomic mass is 16.1. The van der Waals surface area contributed by atoms with Crippen molar-refractivity contribution in [3.8, 4) is 11.4 Å². The summed E-state index contributed by atoms with van der Waals surface area (Å²) in [5.41, 5.74) is 4.25. The number of aromatic nitrogens is 3. The molecule has 2 aromatic heterocycles. The molecule has 0 unspecified atom stereocenters. The number of carbonyl (C=O) groups excluding carboxylic acids is 1. The summed E-state index contributed by atoms with van der Waals surface area (Å²) in [6, 6.07) is 23.1. The lowest BCUT2D eigenvalue weighted by molar-refractivity contribution is 0.102. The molecule has 0 aliphatic heterocycles. The van der Waals surface area contributed by atoms with Gasteiger partial charge in [0.2, 0.25) is 0 Å². The molecular weight excluding hydrogens is 348 g/mol. The van der Waals surface area contributed by atoms with Gasteiger partial charge in [0.15, 0.2) is 0 Å². The van der Waals surface area contributed by atoms with E-state index in [1.165, 1.54) is 0 Å². The molecule has 5 nitrogen and oxygen atoms in total. The maximum absolute atomic E-state index is 12.8. The van der Waals surface area contributed by atoms with Crippen molar-refractivity contribution in [2.75, 3.05) is 5.32 Å². The summed E-state index contributed by atoms with van der Waals surface area (Å²) < 4.78 is 0. The van der Waals surface area contributed by atoms with Gasteiger partial charge in [-0.2, -0.15) is 0 Å². The molecular formula is C23H16N4O. The fourth-order valence-electron chi connectivity index (χ4n) is 3.32. The molecule has 0 bridgehead atoms. The smallest absolute Gasteiger partial charge is 0.256 e. The van der Waals surface area contributed by atoms with Gasteiger partial charge in [-0.05, 0) is 53.9 Å². The molecule has 5 aromatic rings. The Morgan fingerprint density at radius 3 is 2.61 bits per heavy atom. The number of aromatic amines is 1. The Bertz CT molecular complexity index is 1270. The van der Waals surface area contributed by atoms with Crippen LogP contribution >= 0.6 is 0 Å². The number of H-pyrrole nitrogens is 1. The van der Waals surface area contributed by atoms with E-state index in [1.807, 2.05) is 72.8 Å². The zero-order valence-electron chi connectivity index (χ0n) is 14.9. The molecule has 0 saturated carbocycles. The summed E-state index contributed by atoms with van der Waals surface area (Å²) >= 11 is 0. The molecule has 2 N–H and O–H groups in total. The second-order valence-corrected chi connectivity index (χ2v) is 6.54. The number of pyridine rings is 1. The summed E-state index contributed by atoms with van der Waals surface area (Å²) in [5, 5.41) is 4.79. The predicted octanol–water partition coefficient (Wildman–Crippen LogP) is 5.03. The number of anilines is 1. The van der Waals surface area contributed by atoms with Crippen LogP contribution in [0.5, 0.6) is 0 Å². The monoisotopic (exact) mass is 364 g/mol. The number of fused-ring (bicyclic) bond motifs is 2. The Balaban J connectivity index is 1.40. The Kier molecular flexibility index (Phi) is 3.84. The van der Waals surface area contributed by atoms with Gasteiger partial charge in [0, 0.05) is 34.6 Å². The van der Waals surface area contributed by atoms with Gasteiger partial charge in [-0.3, -0.25) is 9.78 Å². The molecule has 3 aromatic carbocycles. The number of carbonyl (C=O) groups is 1. The molecule has 0 aliphatic carbocycles. The van der Waals surface area contributed by atoms with Crippen LogP contribution in [-0.4, -0.2) is 20.9 Å². The van der Waals surface area contributed by atoms with Gasteiger partial charge in [0.05, 0.1) is 11.0 Å². The number of nitrogens with zero attached hydrogens (tertiary/aromatic N) is 2.